The van der Waals surface area contributed by atoms with Gasteiger partial charge < -0.3 is 42.0 Å². The molecule has 0 aromatic carbocycles. The molecule has 0 aromatic rings. The van der Waals surface area contributed by atoms with Gasteiger partial charge in [-0.2, -0.15) is 0 Å². The lowest BCUT2D eigenvalue weighted by Crippen LogP contribution is -2.29. The second-order valence-electron chi connectivity index (χ2n) is 6.31. The van der Waals surface area contributed by atoms with Gasteiger partial charge in [0.25, 0.3) is 0 Å². The van der Waals surface area contributed by atoms with E-state index in [1.54, 1.807) is 13.8 Å². The maximum absolute atomic E-state index is 11.6. The van der Waals surface area contributed by atoms with Gasteiger partial charge in [0, 0.05) is 40.1 Å². The summed E-state index contributed by atoms with van der Waals surface area (Å²) in [5.41, 5.74) is 0. The van der Waals surface area contributed by atoms with Crippen LogP contribution in [-0.4, -0.2) is 100 Å². The van der Waals surface area contributed by atoms with E-state index in [-0.39, 0.29) is 32.4 Å². The third-order valence-corrected chi connectivity index (χ3v) is 4.95. The molecule has 0 bridgehead atoms. The molecule has 2 aliphatic heterocycles. The molecule has 0 aliphatic carbocycles. The third kappa shape index (κ3) is 10.4. The first-order chi connectivity index (χ1) is 12.8. The fourth-order valence-electron chi connectivity index (χ4n) is 2.78. The van der Waals surface area contributed by atoms with Crippen molar-refractivity contribution in [1.29, 1.82) is 0 Å². The fourth-order valence-corrected chi connectivity index (χ4v) is 4.09. The lowest BCUT2D eigenvalue weighted by atomic mass is 9.96. The molecule has 8 atom stereocenters. The van der Waals surface area contributed by atoms with E-state index in [4.69, 9.17) is 43.7 Å². The van der Waals surface area contributed by atoms with Gasteiger partial charge in [-0.1, -0.05) is 0 Å². The molecule has 0 N–H and O–H groups in total. The molecule has 28 heavy (non-hydrogen) atoms. The zero-order valence-corrected chi connectivity index (χ0v) is 17.8. The highest BCUT2D eigenvalue weighted by atomic mass is 31.2. The van der Waals surface area contributed by atoms with Crippen LogP contribution in [0, 0.1) is 0 Å². The van der Waals surface area contributed by atoms with Gasteiger partial charge in [0.1, 0.15) is 35.5 Å². The van der Waals surface area contributed by atoms with E-state index < -0.39 is 33.1 Å². The van der Waals surface area contributed by atoms with Gasteiger partial charge in [-0.05, 0) is 19.5 Å². The van der Waals surface area contributed by atoms with Crippen molar-refractivity contribution in [2.24, 2.45) is 0 Å². The Labute approximate surface area is 170 Å². The van der Waals surface area contributed by atoms with Crippen molar-refractivity contribution < 1.29 is 42.0 Å². The molecule has 0 amide bonds. The third-order valence-electron chi connectivity index (χ3n) is 3.73. The Morgan fingerprint density at radius 1 is 0.964 bits per heavy atom. The Morgan fingerprint density at radius 2 is 1.36 bits per heavy atom. The molecule has 0 aromatic heterocycles. The Bertz CT molecular complexity index is 510. The lowest BCUT2D eigenvalue weighted by molar-refractivity contribution is -0.202. The lowest BCUT2D eigenvalue weighted by Gasteiger charge is -2.25. The second-order valence-corrected chi connectivity index (χ2v) is 9.15. The van der Waals surface area contributed by atoms with Gasteiger partial charge in [0.2, 0.25) is 0 Å². The molecular formula is C14H29B3O9P2-2. The van der Waals surface area contributed by atoms with Crippen LogP contribution in [0.25, 0.3) is 0 Å². The minimum Gasteiger partial charge on any atom is -0.779 e. The van der Waals surface area contributed by atoms with Crippen LogP contribution in [0.15, 0.2) is 0 Å². The minimum absolute atomic E-state index is 0.154. The van der Waals surface area contributed by atoms with Crippen molar-refractivity contribution in [3.63, 3.8) is 0 Å². The van der Waals surface area contributed by atoms with E-state index in [1.165, 1.54) is 7.11 Å². The largest absolute Gasteiger partial charge is 0.779 e. The van der Waals surface area contributed by atoms with Crippen LogP contribution in [0.1, 0.15) is 12.8 Å². The van der Waals surface area contributed by atoms with Crippen molar-refractivity contribution >= 4 is 38.1 Å². The molecule has 2 fully saturated rings. The zero-order valence-electron chi connectivity index (χ0n) is 16.0. The van der Waals surface area contributed by atoms with Crippen LogP contribution in [-0.2, 0) is 37.1 Å². The molecule has 4 radical (unpaired) electrons. The van der Waals surface area contributed by atoms with Crippen molar-refractivity contribution in [2.45, 2.75) is 49.3 Å². The zero-order chi connectivity index (χ0) is 21.5. The molecule has 9 nitrogen and oxygen atoms in total. The van der Waals surface area contributed by atoms with E-state index in [2.05, 4.69) is 0 Å². The molecule has 14 heteroatoms. The minimum atomic E-state index is -3.74. The molecule has 2 heterocycles. The Kier molecular flexibility index (Phi) is 11.0. The highest BCUT2D eigenvalue weighted by Gasteiger charge is 2.35. The Hall–Kier alpha value is 0.375. The highest BCUT2D eigenvalue weighted by molar-refractivity contribution is 7.82. The summed E-state index contributed by atoms with van der Waals surface area (Å²) in [7, 11) is 7.99. The monoisotopic (exact) mass is 436 g/mol. The fraction of sp³-hybridized carbons (Fsp3) is 1.00. The number of rotatable bonds is 8. The molecule has 0 saturated carbocycles. The number of hydrogen-bond donors (Lipinski definition) is 0. The first kappa shape index (κ1) is 26.4. The van der Waals surface area contributed by atoms with Crippen molar-refractivity contribution in [3.05, 3.63) is 0 Å². The molecule has 2 aliphatic rings. The Balaban J connectivity index is 0.000000280. The normalized spacial score (nSPS) is 36.9. The average Bonchev–Trinajstić information content (AvgIpc) is 3.00. The maximum Gasteiger partial charge on any atom is 0.132 e. The van der Waals surface area contributed by atoms with Crippen LogP contribution < -0.4 is 4.89 Å². The van der Waals surface area contributed by atoms with Crippen LogP contribution in [0.4, 0.5) is 0 Å². The molecule has 0 spiro atoms. The van der Waals surface area contributed by atoms with Crippen LogP contribution >= 0.6 is 14.8 Å². The quantitative estimate of drug-likeness (QED) is 0.349. The van der Waals surface area contributed by atoms with Crippen LogP contribution in [0.3, 0.4) is 0 Å². The van der Waals surface area contributed by atoms with Gasteiger partial charge in [-0.3, -0.25) is 0 Å². The summed E-state index contributed by atoms with van der Waals surface area (Å²) in [4.78, 5) is 10.9. The highest BCUT2D eigenvalue weighted by Crippen LogP contribution is 2.41. The average molecular weight is 436 g/mol. The Morgan fingerprint density at radius 3 is 1.68 bits per heavy atom. The molecule has 2 rings (SSSR count). The van der Waals surface area contributed by atoms with E-state index in [1.807, 2.05) is 0 Å². The van der Waals surface area contributed by atoms with Gasteiger partial charge in [0.15, 0.2) is 0 Å². The van der Waals surface area contributed by atoms with Gasteiger partial charge in [-0.15, -0.1) is 0 Å². The van der Waals surface area contributed by atoms with Gasteiger partial charge in [0.05, 0.1) is 33.0 Å². The summed E-state index contributed by atoms with van der Waals surface area (Å²) >= 11 is 0. The van der Waals surface area contributed by atoms with Gasteiger partial charge in [-0.25, -0.2) is 0 Å². The molecular weight excluding hydrogens is 407 g/mol. The second kappa shape index (κ2) is 11.7. The summed E-state index contributed by atoms with van der Waals surface area (Å²) in [5, 5.41) is 0. The number of ether oxygens (including phenoxy) is 4. The maximum atomic E-state index is 11.6. The van der Waals surface area contributed by atoms with Gasteiger partial charge >= 0.3 is 0 Å². The summed E-state index contributed by atoms with van der Waals surface area (Å²) in [6.07, 6.45) is -0.276. The first-order valence-electron chi connectivity index (χ1n) is 8.40. The predicted molar refractivity (Wildman–Crippen MR) is 109 cm³/mol. The van der Waals surface area contributed by atoms with Crippen molar-refractivity contribution in [2.75, 3.05) is 40.8 Å². The summed E-state index contributed by atoms with van der Waals surface area (Å²) in [6.45, 7) is 3.44. The smallest absolute Gasteiger partial charge is 0.132 e. The van der Waals surface area contributed by atoms with Crippen molar-refractivity contribution in [1.82, 2.24) is 0 Å². The van der Waals surface area contributed by atoms with E-state index in [0.717, 1.165) is 6.66 Å². The SMILES string of the molecule is [B][C@H]1C[C@@H](OP(C)(=O)[O-])[C@@H](COC)O1.[B][C@H]1C[C@@H](OP([BH3-])(C)=O)[C@@H](COC)O1. The molecule has 2 unspecified atom stereocenters. The van der Waals surface area contributed by atoms with Crippen molar-refractivity contribution in [3.8, 4) is 0 Å². The predicted octanol–water partition coefficient (Wildman–Crippen LogP) is -1.03. The summed E-state index contributed by atoms with van der Waals surface area (Å²) in [6, 6.07) is -0.793. The standard InChI is InChI=1S/C7H16B2O4P.C7H14BO5P/c2*1-11-4-6-5(3-7(8)12-6)13-14(2,9)10/h5-7H,3-4H2,1-2,9H3;5-7H,3-4H2,1-2H3,(H,9,10)/q-1;/p-1/t5-,6-,7-,14?;5-,6-,7-/m11/s1. The van der Waals surface area contributed by atoms with E-state index in [9.17, 15) is 14.0 Å². The van der Waals surface area contributed by atoms with Crippen LogP contribution in [0.2, 0.25) is 0 Å². The van der Waals surface area contributed by atoms with E-state index >= 15 is 0 Å². The van der Waals surface area contributed by atoms with Crippen LogP contribution in [0.5, 0.6) is 0 Å². The molecule has 2 saturated heterocycles. The topological polar surface area (TPSA) is 113 Å². The number of hydrogen-bond acceptors (Lipinski definition) is 9. The van der Waals surface area contributed by atoms with E-state index in [0.29, 0.717) is 19.4 Å². The first-order valence-corrected chi connectivity index (χ1v) is 12.0. The summed E-state index contributed by atoms with van der Waals surface area (Å²) < 4.78 is 53.3. The number of methoxy groups -OCH3 is 2. The molecule has 160 valence electrons. The summed E-state index contributed by atoms with van der Waals surface area (Å²) in [5.74, 6) is 0.